The number of nitrogens with zero attached hydrogens (tertiary/aromatic N) is 3. The van der Waals surface area contributed by atoms with Gasteiger partial charge in [0, 0.05) is 18.0 Å². The molecular formula is C17H10Cl3F3N4O3S. The molecule has 0 aliphatic carbocycles. The molecule has 14 heteroatoms. The molecule has 0 amide bonds. The van der Waals surface area contributed by atoms with Gasteiger partial charge in [0.2, 0.25) is 11.9 Å². The van der Waals surface area contributed by atoms with Gasteiger partial charge in [-0.1, -0.05) is 46.9 Å². The van der Waals surface area contributed by atoms with E-state index in [0.29, 0.717) is 0 Å². The molecule has 1 N–H and O–H groups in total. The number of ether oxygens (including phenoxy) is 1. The van der Waals surface area contributed by atoms with Gasteiger partial charge in [-0.3, -0.25) is 9.71 Å². The van der Waals surface area contributed by atoms with Crippen LogP contribution in [0.25, 0.3) is 0 Å². The lowest BCUT2D eigenvalue weighted by Crippen LogP contribution is -2.27. The second-order valence-corrected chi connectivity index (χ2v) is 8.65. The number of alkyl halides is 3. The Balaban J connectivity index is 2.02. The third-order valence-corrected chi connectivity index (χ3v) is 6.16. The smallest absolute Gasteiger partial charge is 0.429 e. The van der Waals surface area contributed by atoms with Crippen LogP contribution in [0.5, 0.6) is 5.88 Å². The topological polar surface area (TPSA) is 94.1 Å². The fourth-order valence-corrected chi connectivity index (χ4v) is 4.24. The molecule has 0 spiro atoms. The molecule has 0 bridgehead atoms. The molecular weight excluding hydrogens is 504 g/mol. The molecule has 1 unspecified atom stereocenters. The van der Waals surface area contributed by atoms with Crippen LogP contribution in [0, 0.1) is 0 Å². The summed E-state index contributed by atoms with van der Waals surface area (Å²) < 4.78 is 73.3. The third kappa shape index (κ3) is 5.48. The van der Waals surface area contributed by atoms with Crippen molar-refractivity contribution in [3.63, 3.8) is 0 Å². The molecule has 0 aliphatic heterocycles. The van der Waals surface area contributed by atoms with Crippen LogP contribution in [0.1, 0.15) is 11.7 Å². The number of rotatable bonds is 6. The van der Waals surface area contributed by atoms with Crippen LogP contribution < -0.4 is 9.46 Å². The summed E-state index contributed by atoms with van der Waals surface area (Å²) in [4.78, 5) is 10.6. The number of hydrogen-bond donors (Lipinski definition) is 1. The highest BCUT2D eigenvalue weighted by Crippen LogP contribution is 2.38. The summed E-state index contributed by atoms with van der Waals surface area (Å²) >= 11 is 17.5. The maximum atomic E-state index is 13.6. The highest BCUT2D eigenvalue weighted by atomic mass is 35.5. The maximum Gasteiger partial charge on any atom is 0.429 e. The summed E-state index contributed by atoms with van der Waals surface area (Å²) in [6.07, 6.45) is -4.25. The predicted octanol–water partition coefficient (Wildman–Crippen LogP) is 5.32. The lowest BCUT2D eigenvalue weighted by atomic mass is 10.1. The van der Waals surface area contributed by atoms with Gasteiger partial charge in [-0.05, 0) is 18.2 Å². The van der Waals surface area contributed by atoms with Gasteiger partial charge in [0.25, 0.3) is 15.9 Å². The minimum Gasteiger partial charge on any atom is -0.457 e. The lowest BCUT2D eigenvalue weighted by molar-refractivity contribution is -0.198. The van der Waals surface area contributed by atoms with Crippen LogP contribution in [-0.2, 0) is 10.0 Å². The Bertz CT molecular complexity index is 1200. The van der Waals surface area contributed by atoms with Gasteiger partial charge in [-0.2, -0.15) is 18.2 Å². The minimum absolute atomic E-state index is 0.0445. The zero-order valence-corrected chi connectivity index (χ0v) is 18.0. The second-order valence-electron chi connectivity index (χ2n) is 5.83. The van der Waals surface area contributed by atoms with Crippen LogP contribution in [0.4, 0.5) is 19.0 Å². The van der Waals surface area contributed by atoms with Crippen molar-refractivity contribution in [2.75, 3.05) is 4.72 Å². The molecule has 0 aliphatic rings. The van der Waals surface area contributed by atoms with E-state index in [-0.39, 0.29) is 20.8 Å². The molecule has 0 saturated heterocycles. The summed E-state index contributed by atoms with van der Waals surface area (Å²) in [6, 6.07) is 6.26. The molecule has 3 rings (SSSR count). The van der Waals surface area contributed by atoms with E-state index in [1.54, 1.807) is 0 Å². The molecule has 0 radical (unpaired) electrons. The van der Waals surface area contributed by atoms with Gasteiger partial charge in [-0.25, -0.2) is 13.4 Å². The van der Waals surface area contributed by atoms with Gasteiger partial charge < -0.3 is 4.74 Å². The van der Waals surface area contributed by atoms with Crippen molar-refractivity contribution in [1.29, 1.82) is 0 Å². The standard InChI is InChI=1S/C17H10Cl3F3N4O3S/c18-10-4-1-5-11(13(10)20)31(28,29)27-15-16(26-12(19)8-25-15)30-14(17(21,22)23)9-3-2-6-24-7-9/h1-8,14H,(H,25,27). The molecule has 7 nitrogen and oxygen atoms in total. The van der Waals surface area contributed by atoms with Crippen molar-refractivity contribution in [1.82, 2.24) is 15.0 Å². The van der Waals surface area contributed by atoms with E-state index in [0.717, 1.165) is 24.5 Å². The summed E-state index contributed by atoms with van der Waals surface area (Å²) in [5.41, 5.74) is -0.344. The monoisotopic (exact) mass is 512 g/mol. The minimum atomic E-state index is -4.89. The number of benzene rings is 1. The summed E-state index contributed by atoms with van der Waals surface area (Å²) in [5, 5.41) is -0.660. The largest absolute Gasteiger partial charge is 0.457 e. The predicted molar refractivity (Wildman–Crippen MR) is 108 cm³/mol. The first kappa shape index (κ1) is 23.3. The van der Waals surface area contributed by atoms with Crippen LogP contribution in [0.15, 0.2) is 53.8 Å². The summed E-state index contributed by atoms with van der Waals surface area (Å²) in [7, 11) is -4.42. The fourth-order valence-electron chi connectivity index (χ4n) is 2.34. The number of sulfonamides is 1. The molecule has 2 heterocycles. The van der Waals surface area contributed by atoms with Crippen molar-refractivity contribution in [3.8, 4) is 5.88 Å². The fraction of sp³-hybridized carbons (Fsp3) is 0.118. The van der Waals surface area contributed by atoms with Gasteiger partial charge in [-0.15, -0.1) is 0 Å². The first-order valence-corrected chi connectivity index (χ1v) is 10.7. The van der Waals surface area contributed by atoms with Crippen LogP contribution in [0.3, 0.4) is 0 Å². The Morgan fingerprint density at radius 3 is 2.45 bits per heavy atom. The Hall–Kier alpha value is -2.34. The normalized spacial score (nSPS) is 13.0. The Morgan fingerprint density at radius 1 is 1.06 bits per heavy atom. The molecule has 31 heavy (non-hydrogen) atoms. The van der Waals surface area contributed by atoms with E-state index in [4.69, 9.17) is 39.5 Å². The Kier molecular flexibility index (Phi) is 6.79. The van der Waals surface area contributed by atoms with Crippen molar-refractivity contribution in [2.24, 2.45) is 0 Å². The maximum absolute atomic E-state index is 13.6. The second kappa shape index (κ2) is 9.03. The van der Waals surface area contributed by atoms with Crippen molar-refractivity contribution in [2.45, 2.75) is 17.2 Å². The molecule has 3 aromatic rings. The zero-order chi connectivity index (χ0) is 22.8. The molecule has 0 saturated carbocycles. The molecule has 164 valence electrons. The number of hydrogen-bond acceptors (Lipinski definition) is 6. The highest BCUT2D eigenvalue weighted by molar-refractivity contribution is 7.92. The Labute approximate surface area is 189 Å². The molecule has 2 aromatic heterocycles. The number of pyridine rings is 1. The first-order valence-electron chi connectivity index (χ1n) is 8.11. The van der Waals surface area contributed by atoms with Gasteiger partial charge in [0.05, 0.1) is 16.2 Å². The molecule has 1 aromatic carbocycles. The van der Waals surface area contributed by atoms with Crippen LogP contribution in [0.2, 0.25) is 15.2 Å². The quantitative estimate of drug-likeness (QED) is 0.480. The van der Waals surface area contributed by atoms with Gasteiger partial charge in [0.1, 0.15) is 4.90 Å². The van der Waals surface area contributed by atoms with E-state index < -0.39 is 38.9 Å². The highest BCUT2D eigenvalue weighted by Gasteiger charge is 2.44. The average Bonchev–Trinajstić information content (AvgIpc) is 2.69. The molecule has 0 fully saturated rings. The number of halogens is 6. The number of nitrogens with one attached hydrogen (secondary N) is 1. The summed E-state index contributed by atoms with van der Waals surface area (Å²) in [5.74, 6) is -1.45. The summed E-state index contributed by atoms with van der Waals surface area (Å²) in [6.45, 7) is 0. The Morgan fingerprint density at radius 2 is 1.81 bits per heavy atom. The first-order chi connectivity index (χ1) is 14.5. The lowest BCUT2D eigenvalue weighted by Gasteiger charge is -2.22. The van der Waals surface area contributed by atoms with E-state index >= 15 is 0 Å². The van der Waals surface area contributed by atoms with Crippen molar-refractivity contribution in [3.05, 3.63) is 69.7 Å². The number of anilines is 1. The number of aromatic nitrogens is 3. The van der Waals surface area contributed by atoms with E-state index in [2.05, 4.69) is 15.0 Å². The third-order valence-electron chi connectivity index (χ3n) is 3.66. The average molecular weight is 514 g/mol. The van der Waals surface area contributed by atoms with E-state index in [1.807, 2.05) is 4.72 Å². The van der Waals surface area contributed by atoms with Crippen LogP contribution in [-0.4, -0.2) is 29.5 Å². The van der Waals surface area contributed by atoms with Gasteiger partial charge >= 0.3 is 6.18 Å². The van der Waals surface area contributed by atoms with Crippen molar-refractivity contribution >= 4 is 50.6 Å². The van der Waals surface area contributed by atoms with Crippen molar-refractivity contribution < 1.29 is 26.3 Å². The van der Waals surface area contributed by atoms with E-state index in [1.165, 1.54) is 24.4 Å². The molecule has 1 atom stereocenters. The zero-order valence-electron chi connectivity index (χ0n) is 14.9. The van der Waals surface area contributed by atoms with Crippen LogP contribution >= 0.6 is 34.8 Å². The van der Waals surface area contributed by atoms with Gasteiger partial charge in [0.15, 0.2) is 5.15 Å². The SMILES string of the molecule is O=S(=O)(Nc1ncc(Cl)nc1OC(c1cccnc1)C(F)(F)F)c1cccc(Cl)c1Cl. The van der Waals surface area contributed by atoms with E-state index in [9.17, 15) is 21.6 Å².